The molecule has 2 amide bonds. The minimum atomic E-state index is -4.49. The summed E-state index contributed by atoms with van der Waals surface area (Å²) < 4.78 is 39.6. The number of benzene rings is 2. The van der Waals surface area contributed by atoms with Gasteiger partial charge < -0.3 is 20.9 Å². The summed E-state index contributed by atoms with van der Waals surface area (Å²) in [6.45, 7) is 11.6. The van der Waals surface area contributed by atoms with E-state index in [0.717, 1.165) is 88.5 Å². The van der Waals surface area contributed by atoms with Gasteiger partial charge in [-0.2, -0.15) is 13.2 Å². The molecule has 2 aliphatic heterocycles. The van der Waals surface area contributed by atoms with Gasteiger partial charge in [-0.05, 0) is 107 Å². The van der Waals surface area contributed by atoms with Gasteiger partial charge in [-0.1, -0.05) is 24.3 Å². The number of carbonyl (C=O) groups excluding carboxylic acids is 2. The summed E-state index contributed by atoms with van der Waals surface area (Å²) in [5.41, 5.74) is 3.19. The van der Waals surface area contributed by atoms with Crippen molar-refractivity contribution in [2.45, 2.75) is 51.9 Å². The molecule has 5 rings (SSSR count). The van der Waals surface area contributed by atoms with Crippen molar-refractivity contribution in [1.82, 2.24) is 20.5 Å². The Labute approximate surface area is 291 Å². The number of alkyl halides is 3. The van der Waals surface area contributed by atoms with Crippen molar-refractivity contribution in [3.8, 4) is 0 Å². The van der Waals surface area contributed by atoms with E-state index in [1.165, 1.54) is 12.1 Å². The van der Waals surface area contributed by atoms with Crippen LogP contribution >= 0.6 is 0 Å². The lowest BCUT2D eigenvalue weighted by atomic mass is 10.0. The molecule has 2 aromatic carbocycles. The van der Waals surface area contributed by atoms with Crippen molar-refractivity contribution >= 4 is 35.6 Å². The zero-order chi connectivity index (χ0) is 35.5. The number of aliphatic imine (C=N–C) groups is 1. The van der Waals surface area contributed by atoms with Crippen LogP contribution in [-0.2, 0) is 24.1 Å². The highest BCUT2D eigenvalue weighted by Crippen LogP contribution is 2.33. The van der Waals surface area contributed by atoms with Gasteiger partial charge in [0.1, 0.15) is 5.69 Å². The molecule has 3 aromatic rings. The predicted octanol–water partition coefficient (Wildman–Crippen LogP) is 6.44. The third kappa shape index (κ3) is 9.88. The van der Waals surface area contributed by atoms with E-state index in [-0.39, 0.29) is 23.7 Å². The summed E-state index contributed by atoms with van der Waals surface area (Å²) in [6.07, 6.45) is 3.03. The van der Waals surface area contributed by atoms with Gasteiger partial charge >= 0.3 is 6.18 Å². The molecule has 0 atom stereocenters. The Morgan fingerprint density at radius 2 is 1.78 bits per heavy atom. The Bertz CT molecular complexity index is 1720. The van der Waals surface area contributed by atoms with Crippen molar-refractivity contribution < 1.29 is 22.8 Å². The van der Waals surface area contributed by atoms with Gasteiger partial charge in [0.15, 0.2) is 0 Å². The number of hydrogen-bond acceptors (Lipinski definition) is 7. The van der Waals surface area contributed by atoms with E-state index in [1.807, 2.05) is 30.3 Å². The van der Waals surface area contributed by atoms with Crippen LogP contribution in [0.15, 0.2) is 83.4 Å². The largest absolute Gasteiger partial charge is 0.416 e. The van der Waals surface area contributed by atoms with Crippen molar-refractivity contribution in [3.05, 3.63) is 106 Å². The van der Waals surface area contributed by atoms with Gasteiger partial charge in [-0.3, -0.25) is 19.5 Å². The summed E-state index contributed by atoms with van der Waals surface area (Å²) in [4.78, 5) is 40.4. The van der Waals surface area contributed by atoms with Gasteiger partial charge in [0, 0.05) is 56.1 Å². The van der Waals surface area contributed by atoms with Gasteiger partial charge in [0.2, 0.25) is 0 Å². The molecule has 50 heavy (non-hydrogen) atoms. The van der Waals surface area contributed by atoms with Crippen LogP contribution in [0.2, 0.25) is 0 Å². The molecule has 2 saturated heterocycles. The number of nitrogens with zero attached hydrogens (tertiary/aromatic N) is 4. The molecule has 3 heterocycles. The van der Waals surface area contributed by atoms with Crippen LogP contribution in [0.5, 0.6) is 0 Å². The summed E-state index contributed by atoms with van der Waals surface area (Å²) in [5.74, 6) is -0.880. The topological polar surface area (TPSA) is 102 Å². The Balaban J connectivity index is 1.39. The molecule has 3 N–H and O–H groups in total. The zero-order valence-corrected chi connectivity index (χ0v) is 28.4. The standard InChI is InChI=1S/C38H44F3N7O2/c1-3-28(36(49)44-25-27-10-7-11-29(22-27)38(39,40)41)23-35(42-2)32-24-31(48-19-5-4-6-20-48)14-15-33(32)46-37(50)34-13-8-12-30(45-34)26-47-18-9-16-43-17-21-47/h3,7-8,10-15,22-24,43H,2,4-6,9,16-21,25-26H2,1H3,(H,44,49)(H,46,50)/b28-3+,35-23-. The zero-order valence-electron chi connectivity index (χ0n) is 28.4. The molecule has 2 aliphatic rings. The first-order valence-electron chi connectivity index (χ1n) is 17.0. The highest BCUT2D eigenvalue weighted by molar-refractivity contribution is 6.05. The predicted molar refractivity (Wildman–Crippen MR) is 192 cm³/mol. The number of amides is 2. The third-order valence-corrected chi connectivity index (χ3v) is 8.85. The molecule has 0 spiro atoms. The van der Waals surface area contributed by atoms with E-state index in [4.69, 9.17) is 0 Å². The molecule has 12 heteroatoms. The molecule has 9 nitrogen and oxygen atoms in total. The van der Waals surface area contributed by atoms with Crippen LogP contribution in [-0.4, -0.2) is 67.7 Å². The number of nitrogens with one attached hydrogen (secondary N) is 3. The Kier molecular flexibility index (Phi) is 12.6. The molecule has 0 radical (unpaired) electrons. The number of pyridine rings is 1. The Morgan fingerprint density at radius 3 is 2.54 bits per heavy atom. The van der Waals surface area contributed by atoms with Crippen molar-refractivity contribution in [3.63, 3.8) is 0 Å². The van der Waals surface area contributed by atoms with Crippen molar-refractivity contribution in [1.29, 1.82) is 0 Å². The second-order valence-corrected chi connectivity index (χ2v) is 12.4. The van der Waals surface area contributed by atoms with Gasteiger partial charge in [0.25, 0.3) is 11.8 Å². The number of halogens is 3. The SMILES string of the molecule is C=N/C(=C\C(=C/C)C(=O)NCc1cccc(C(F)(F)F)c1)c1cc(N2CCCCC2)ccc1NC(=O)c1cccc(CN2CCCNCC2)n1. The average Bonchev–Trinajstić information content (AvgIpc) is 3.40. The second-order valence-electron chi connectivity index (χ2n) is 12.4. The van der Waals surface area contributed by atoms with E-state index in [0.29, 0.717) is 29.1 Å². The smallest absolute Gasteiger partial charge is 0.372 e. The lowest BCUT2D eigenvalue weighted by molar-refractivity contribution is -0.137. The van der Waals surface area contributed by atoms with Gasteiger partial charge in [-0.25, -0.2) is 4.98 Å². The summed E-state index contributed by atoms with van der Waals surface area (Å²) >= 11 is 0. The molecule has 2 fully saturated rings. The Morgan fingerprint density at radius 1 is 0.980 bits per heavy atom. The monoisotopic (exact) mass is 687 g/mol. The first-order valence-corrected chi connectivity index (χ1v) is 17.0. The minimum absolute atomic E-state index is 0.1000. The van der Waals surface area contributed by atoms with Crippen LogP contribution in [0.1, 0.15) is 65.5 Å². The highest BCUT2D eigenvalue weighted by atomic mass is 19.4. The molecular formula is C38H44F3N7O2. The lowest BCUT2D eigenvalue weighted by Crippen LogP contribution is -2.29. The van der Waals surface area contributed by atoms with Crippen LogP contribution in [0.25, 0.3) is 5.70 Å². The number of anilines is 2. The van der Waals surface area contributed by atoms with E-state index in [1.54, 1.807) is 25.1 Å². The molecule has 0 aliphatic carbocycles. The first kappa shape index (κ1) is 36.5. The van der Waals surface area contributed by atoms with Crippen molar-refractivity contribution in [2.75, 3.05) is 49.5 Å². The Hall–Kier alpha value is -4.81. The first-order chi connectivity index (χ1) is 24.1. The number of rotatable bonds is 11. The fourth-order valence-corrected chi connectivity index (χ4v) is 6.15. The summed E-state index contributed by atoms with van der Waals surface area (Å²) in [7, 11) is 0. The van der Waals surface area contributed by atoms with Gasteiger partial charge in [-0.15, -0.1) is 0 Å². The maximum atomic E-state index is 13.6. The second kappa shape index (κ2) is 17.2. The maximum absolute atomic E-state index is 13.6. The number of allylic oxidation sites excluding steroid dienone is 1. The van der Waals surface area contributed by atoms with Crippen LogP contribution < -0.4 is 20.9 Å². The van der Waals surface area contributed by atoms with Crippen LogP contribution in [0.3, 0.4) is 0 Å². The quantitative estimate of drug-likeness (QED) is 0.122. The molecule has 1 aromatic heterocycles. The number of aromatic nitrogens is 1. The van der Waals surface area contributed by atoms with Crippen molar-refractivity contribution in [2.24, 2.45) is 4.99 Å². The molecular weight excluding hydrogens is 643 g/mol. The van der Waals surface area contributed by atoms with E-state index in [9.17, 15) is 22.8 Å². The minimum Gasteiger partial charge on any atom is -0.372 e. The van der Waals surface area contributed by atoms with Crippen LogP contribution in [0.4, 0.5) is 24.5 Å². The summed E-state index contributed by atoms with van der Waals surface area (Å²) in [6, 6.07) is 16.0. The van der Waals surface area contributed by atoms with Crippen LogP contribution in [0, 0.1) is 0 Å². The fourth-order valence-electron chi connectivity index (χ4n) is 6.15. The number of piperidine rings is 1. The van der Waals surface area contributed by atoms with E-state index in [2.05, 4.69) is 42.4 Å². The molecule has 264 valence electrons. The van der Waals surface area contributed by atoms with Gasteiger partial charge in [0.05, 0.1) is 22.6 Å². The normalized spacial score (nSPS) is 16.4. The lowest BCUT2D eigenvalue weighted by Gasteiger charge is -2.29. The summed E-state index contributed by atoms with van der Waals surface area (Å²) in [5, 5.41) is 9.12. The third-order valence-electron chi connectivity index (χ3n) is 8.85. The molecule has 0 saturated carbocycles. The highest BCUT2D eigenvalue weighted by Gasteiger charge is 2.30. The molecule has 0 bridgehead atoms. The average molecular weight is 688 g/mol. The number of carbonyl (C=O) groups is 2. The maximum Gasteiger partial charge on any atom is 0.416 e. The van der Waals surface area contributed by atoms with E-state index < -0.39 is 17.6 Å². The van der Waals surface area contributed by atoms with E-state index >= 15 is 0 Å². The fraction of sp³-hybridized carbons (Fsp3) is 0.368. The molecule has 0 unspecified atom stereocenters. The number of hydrogen-bond donors (Lipinski definition) is 3.